The molecule has 0 amide bonds. The highest BCUT2D eigenvalue weighted by atomic mass is 15.3. The quantitative estimate of drug-likeness (QED) is 0.804. The third kappa shape index (κ3) is 3.37. The molecule has 2 aliphatic heterocycles. The highest BCUT2D eigenvalue weighted by Gasteiger charge is 2.39. The van der Waals surface area contributed by atoms with Crippen LogP contribution in [-0.2, 0) is 0 Å². The summed E-state index contributed by atoms with van der Waals surface area (Å²) in [6.07, 6.45) is 7.17. The maximum atomic E-state index is 3.67. The molecule has 3 fully saturated rings. The maximum Gasteiger partial charge on any atom is 0.0235 e. The molecule has 3 heteroatoms. The maximum absolute atomic E-state index is 3.67. The van der Waals surface area contributed by atoms with Crippen molar-refractivity contribution < 1.29 is 0 Å². The zero-order valence-electron chi connectivity index (χ0n) is 13.5. The molecule has 3 aliphatic rings. The molecule has 1 N–H and O–H groups in total. The predicted molar refractivity (Wildman–Crippen MR) is 85.0 cm³/mol. The summed E-state index contributed by atoms with van der Waals surface area (Å²) in [6, 6.07) is 1.77. The van der Waals surface area contributed by atoms with E-state index < -0.39 is 0 Å². The molecule has 0 spiro atoms. The molecule has 20 heavy (non-hydrogen) atoms. The van der Waals surface area contributed by atoms with Gasteiger partial charge in [0.15, 0.2) is 0 Å². The Kier molecular flexibility index (Phi) is 5.00. The standard InChI is InChI=1S/C17H33N3/c1-14(2)11-18-12-15-5-6-17(15)20-10-7-16(13-20)19-8-3-4-9-19/h14-18H,3-13H2,1-2H3. The van der Waals surface area contributed by atoms with Crippen LogP contribution in [0.15, 0.2) is 0 Å². The molecule has 3 nitrogen and oxygen atoms in total. The third-order valence-electron chi connectivity index (χ3n) is 5.66. The molecule has 2 heterocycles. The average molecular weight is 279 g/mol. The Morgan fingerprint density at radius 2 is 1.80 bits per heavy atom. The number of nitrogens with zero attached hydrogens (tertiary/aromatic N) is 2. The lowest BCUT2D eigenvalue weighted by molar-refractivity contribution is 0.0746. The van der Waals surface area contributed by atoms with Crippen molar-refractivity contribution in [2.24, 2.45) is 11.8 Å². The number of likely N-dealkylation sites (tertiary alicyclic amines) is 2. The lowest BCUT2D eigenvalue weighted by Crippen LogP contribution is -2.50. The highest BCUT2D eigenvalue weighted by molar-refractivity contribution is 4.95. The van der Waals surface area contributed by atoms with Crippen LogP contribution in [0.3, 0.4) is 0 Å². The van der Waals surface area contributed by atoms with Crippen LogP contribution in [0.4, 0.5) is 0 Å². The van der Waals surface area contributed by atoms with Gasteiger partial charge < -0.3 is 5.32 Å². The van der Waals surface area contributed by atoms with E-state index in [4.69, 9.17) is 0 Å². The van der Waals surface area contributed by atoms with Crippen molar-refractivity contribution in [1.29, 1.82) is 0 Å². The van der Waals surface area contributed by atoms with Gasteiger partial charge in [0, 0.05) is 25.2 Å². The van der Waals surface area contributed by atoms with E-state index in [0.29, 0.717) is 0 Å². The van der Waals surface area contributed by atoms with Crippen LogP contribution in [0.1, 0.15) is 46.0 Å². The normalized spacial score (nSPS) is 35.9. The van der Waals surface area contributed by atoms with Gasteiger partial charge in [-0.2, -0.15) is 0 Å². The van der Waals surface area contributed by atoms with E-state index >= 15 is 0 Å². The first-order chi connectivity index (χ1) is 9.74. The van der Waals surface area contributed by atoms with Gasteiger partial charge in [-0.3, -0.25) is 9.80 Å². The van der Waals surface area contributed by atoms with Crippen LogP contribution in [0.25, 0.3) is 0 Å². The van der Waals surface area contributed by atoms with Gasteiger partial charge in [0.25, 0.3) is 0 Å². The summed E-state index contributed by atoms with van der Waals surface area (Å²) < 4.78 is 0. The molecule has 3 atom stereocenters. The fraction of sp³-hybridized carbons (Fsp3) is 1.00. The minimum absolute atomic E-state index is 0.778. The van der Waals surface area contributed by atoms with Crippen LogP contribution in [-0.4, -0.2) is 61.2 Å². The number of nitrogens with one attached hydrogen (secondary N) is 1. The van der Waals surface area contributed by atoms with Crippen LogP contribution in [0.2, 0.25) is 0 Å². The van der Waals surface area contributed by atoms with E-state index in [1.165, 1.54) is 71.4 Å². The number of hydrogen-bond donors (Lipinski definition) is 1. The van der Waals surface area contributed by atoms with Gasteiger partial charge in [0.1, 0.15) is 0 Å². The predicted octanol–water partition coefficient (Wildman–Crippen LogP) is 2.18. The first-order valence-electron chi connectivity index (χ1n) is 8.93. The molecule has 1 aliphatic carbocycles. The van der Waals surface area contributed by atoms with E-state index in [2.05, 4.69) is 29.0 Å². The molecular weight excluding hydrogens is 246 g/mol. The SMILES string of the molecule is CC(C)CNCC1CCC1N1CCC(N2CCCC2)C1. The monoisotopic (exact) mass is 279 g/mol. The largest absolute Gasteiger partial charge is 0.316 e. The van der Waals surface area contributed by atoms with Gasteiger partial charge in [-0.05, 0) is 70.1 Å². The second kappa shape index (κ2) is 6.76. The van der Waals surface area contributed by atoms with Crippen molar-refractivity contribution in [3.8, 4) is 0 Å². The van der Waals surface area contributed by atoms with Crippen LogP contribution < -0.4 is 5.32 Å². The topological polar surface area (TPSA) is 18.5 Å². The van der Waals surface area contributed by atoms with Crippen LogP contribution in [0, 0.1) is 11.8 Å². The van der Waals surface area contributed by atoms with E-state index in [1.54, 1.807) is 0 Å². The summed E-state index contributed by atoms with van der Waals surface area (Å²) in [5.41, 5.74) is 0. The minimum atomic E-state index is 0.778. The Morgan fingerprint density at radius 1 is 1.00 bits per heavy atom. The Bertz CT molecular complexity index is 299. The summed E-state index contributed by atoms with van der Waals surface area (Å²) >= 11 is 0. The minimum Gasteiger partial charge on any atom is -0.316 e. The van der Waals surface area contributed by atoms with Gasteiger partial charge in [-0.1, -0.05) is 13.8 Å². The van der Waals surface area contributed by atoms with Gasteiger partial charge in [-0.15, -0.1) is 0 Å². The fourth-order valence-electron chi connectivity index (χ4n) is 4.30. The summed E-state index contributed by atoms with van der Waals surface area (Å²) in [5.74, 6) is 1.70. The Labute approximate surface area is 125 Å². The number of hydrogen-bond acceptors (Lipinski definition) is 3. The zero-order valence-corrected chi connectivity index (χ0v) is 13.5. The third-order valence-corrected chi connectivity index (χ3v) is 5.66. The van der Waals surface area contributed by atoms with Crippen molar-refractivity contribution in [3.63, 3.8) is 0 Å². The van der Waals surface area contributed by atoms with E-state index in [-0.39, 0.29) is 0 Å². The van der Waals surface area contributed by atoms with Crippen molar-refractivity contribution in [3.05, 3.63) is 0 Å². The first-order valence-corrected chi connectivity index (χ1v) is 8.93. The Morgan fingerprint density at radius 3 is 2.45 bits per heavy atom. The lowest BCUT2D eigenvalue weighted by atomic mass is 9.78. The molecule has 3 unspecified atom stereocenters. The van der Waals surface area contributed by atoms with E-state index in [9.17, 15) is 0 Å². The molecule has 1 saturated carbocycles. The summed E-state index contributed by atoms with van der Waals surface area (Å²) in [4.78, 5) is 5.57. The van der Waals surface area contributed by atoms with Crippen molar-refractivity contribution in [2.45, 2.75) is 58.0 Å². The highest BCUT2D eigenvalue weighted by Crippen LogP contribution is 2.35. The lowest BCUT2D eigenvalue weighted by Gasteiger charge is -2.43. The van der Waals surface area contributed by atoms with Crippen molar-refractivity contribution >= 4 is 0 Å². The van der Waals surface area contributed by atoms with Gasteiger partial charge in [0.05, 0.1) is 0 Å². The van der Waals surface area contributed by atoms with Crippen molar-refractivity contribution in [1.82, 2.24) is 15.1 Å². The number of rotatable bonds is 6. The molecular formula is C17H33N3. The second-order valence-corrected chi connectivity index (χ2v) is 7.64. The first kappa shape index (κ1) is 14.8. The van der Waals surface area contributed by atoms with Gasteiger partial charge >= 0.3 is 0 Å². The molecule has 0 aromatic rings. The molecule has 2 saturated heterocycles. The molecule has 0 aromatic carbocycles. The van der Waals surface area contributed by atoms with Crippen LogP contribution >= 0.6 is 0 Å². The summed E-state index contributed by atoms with van der Waals surface area (Å²) in [6.45, 7) is 12.5. The Balaban J connectivity index is 1.41. The second-order valence-electron chi connectivity index (χ2n) is 7.64. The zero-order chi connectivity index (χ0) is 13.9. The summed E-state index contributed by atoms with van der Waals surface area (Å²) in [5, 5.41) is 3.67. The smallest absolute Gasteiger partial charge is 0.0235 e. The Hall–Kier alpha value is -0.120. The molecule has 0 aromatic heterocycles. The van der Waals surface area contributed by atoms with Gasteiger partial charge in [0.2, 0.25) is 0 Å². The van der Waals surface area contributed by atoms with Crippen molar-refractivity contribution in [2.75, 3.05) is 39.3 Å². The fourth-order valence-corrected chi connectivity index (χ4v) is 4.30. The van der Waals surface area contributed by atoms with Gasteiger partial charge in [-0.25, -0.2) is 0 Å². The van der Waals surface area contributed by atoms with Crippen LogP contribution in [0.5, 0.6) is 0 Å². The molecule has 0 radical (unpaired) electrons. The van der Waals surface area contributed by atoms with E-state index in [0.717, 1.165) is 23.9 Å². The van der Waals surface area contributed by atoms with E-state index in [1.807, 2.05) is 0 Å². The molecule has 116 valence electrons. The molecule has 3 rings (SSSR count). The molecule has 0 bridgehead atoms. The summed E-state index contributed by atoms with van der Waals surface area (Å²) in [7, 11) is 0. The average Bonchev–Trinajstić information content (AvgIpc) is 3.02.